The number of carbonyl (C=O) groups excluding carboxylic acids is 1. The summed E-state index contributed by atoms with van der Waals surface area (Å²) in [6, 6.07) is 8.99. The number of hydrogen-bond acceptors (Lipinski definition) is 2. The second-order valence-corrected chi connectivity index (χ2v) is 4.77. The molecule has 1 rings (SSSR count). The average Bonchev–Trinajstić information content (AvgIpc) is 2.34. The summed E-state index contributed by atoms with van der Waals surface area (Å²) in [4.78, 5) is 14.0. The van der Waals surface area contributed by atoms with Crippen LogP contribution in [0.2, 0.25) is 0 Å². The van der Waals surface area contributed by atoms with Gasteiger partial charge in [0.05, 0.1) is 11.6 Å². The van der Waals surface area contributed by atoms with Crippen LogP contribution in [0.5, 0.6) is 0 Å². The normalized spacial score (nSPS) is 10.1. The van der Waals surface area contributed by atoms with Crippen LogP contribution >= 0.6 is 15.9 Å². The third kappa shape index (κ3) is 3.57. The fourth-order valence-corrected chi connectivity index (χ4v) is 1.95. The predicted molar refractivity (Wildman–Crippen MR) is 71.1 cm³/mol. The molecule has 0 unspecified atom stereocenters. The smallest absolute Gasteiger partial charge is 0.254 e. The molecule has 0 aliphatic rings. The van der Waals surface area contributed by atoms with Crippen molar-refractivity contribution >= 4 is 21.8 Å². The minimum atomic E-state index is -0.0310. The lowest BCUT2D eigenvalue weighted by atomic mass is 10.1. The number of rotatable bonds is 4. The summed E-state index contributed by atoms with van der Waals surface area (Å²) in [7, 11) is 0. The van der Waals surface area contributed by atoms with E-state index >= 15 is 0 Å². The summed E-state index contributed by atoms with van der Waals surface area (Å²) in [6.45, 7) is 4.62. The van der Waals surface area contributed by atoms with Gasteiger partial charge in [0.1, 0.15) is 0 Å². The van der Waals surface area contributed by atoms with Crippen LogP contribution in [0.3, 0.4) is 0 Å². The van der Waals surface area contributed by atoms with Gasteiger partial charge in [-0.2, -0.15) is 5.26 Å². The predicted octanol–water partition coefficient (Wildman–Crippen LogP) is 2.80. The molecule has 0 saturated heterocycles. The van der Waals surface area contributed by atoms with Gasteiger partial charge in [-0.25, -0.2) is 0 Å². The Morgan fingerprint density at radius 1 is 1.53 bits per heavy atom. The van der Waals surface area contributed by atoms with Gasteiger partial charge in [0.2, 0.25) is 0 Å². The second kappa shape index (κ2) is 6.41. The van der Waals surface area contributed by atoms with Crippen molar-refractivity contribution in [1.29, 1.82) is 5.26 Å². The number of nitriles is 1. The van der Waals surface area contributed by atoms with E-state index in [1.165, 1.54) is 0 Å². The molecule has 0 fully saturated rings. The zero-order chi connectivity index (χ0) is 12.8. The van der Waals surface area contributed by atoms with Crippen molar-refractivity contribution in [2.24, 2.45) is 0 Å². The van der Waals surface area contributed by atoms with Crippen molar-refractivity contribution in [2.75, 3.05) is 11.9 Å². The van der Waals surface area contributed by atoms with E-state index in [4.69, 9.17) is 5.26 Å². The van der Waals surface area contributed by atoms with Crippen LogP contribution < -0.4 is 0 Å². The topological polar surface area (TPSA) is 44.1 Å². The van der Waals surface area contributed by atoms with Gasteiger partial charge in [0.25, 0.3) is 5.91 Å². The van der Waals surface area contributed by atoms with E-state index in [-0.39, 0.29) is 11.9 Å². The Kier molecular flexibility index (Phi) is 5.17. The van der Waals surface area contributed by atoms with E-state index in [0.29, 0.717) is 17.7 Å². The third-order valence-electron chi connectivity index (χ3n) is 2.45. The van der Waals surface area contributed by atoms with Gasteiger partial charge < -0.3 is 4.90 Å². The number of alkyl halides is 1. The molecule has 0 heterocycles. The van der Waals surface area contributed by atoms with Crippen LogP contribution in [0, 0.1) is 11.3 Å². The molecule has 0 aliphatic carbocycles. The molecule has 0 atom stereocenters. The van der Waals surface area contributed by atoms with Gasteiger partial charge in [0, 0.05) is 23.5 Å². The Labute approximate surface area is 110 Å². The van der Waals surface area contributed by atoms with Crippen LogP contribution in [0.1, 0.15) is 29.8 Å². The van der Waals surface area contributed by atoms with Crippen molar-refractivity contribution in [3.63, 3.8) is 0 Å². The monoisotopic (exact) mass is 294 g/mol. The first kappa shape index (κ1) is 13.7. The van der Waals surface area contributed by atoms with Crippen LogP contribution in [0.4, 0.5) is 0 Å². The first-order valence-corrected chi connectivity index (χ1v) is 6.59. The maximum atomic E-state index is 12.2. The Morgan fingerprint density at radius 2 is 2.24 bits per heavy atom. The highest BCUT2D eigenvalue weighted by Gasteiger charge is 2.18. The van der Waals surface area contributed by atoms with Gasteiger partial charge in [-0.05, 0) is 32.0 Å². The largest absolute Gasteiger partial charge is 0.335 e. The van der Waals surface area contributed by atoms with Crippen LogP contribution in [0.25, 0.3) is 0 Å². The molecule has 90 valence electrons. The number of halogens is 1. The number of carbonyl (C=O) groups is 1. The SMILES string of the molecule is CC(C)N(CCBr)C(=O)c1cccc(C#N)c1. The Balaban J connectivity index is 2.97. The lowest BCUT2D eigenvalue weighted by Crippen LogP contribution is -2.38. The Morgan fingerprint density at radius 3 is 2.76 bits per heavy atom. The van der Waals surface area contributed by atoms with E-state index in [2.05, 4.69) is 15.9 Å². The zero-order valence-electron chi connectivity index (χ0n) is 9.98. The molecule has 0 radical (unpaired) electrons. The molecule has 0 spiro atoms. The highest BCUT2D eigenvalue weighted by Crippen LogP contribution is 2.11. The minimum Gasteiger partial charge on any atom is -0.335 e. The van der Waals surface area contributed by atoms with Crippen molar-refractivity contribution < 1.29 is 4.79 Å². The van der Waals surface area contributed by atoms with Gasteiger partial charge in [-0.1, -0.05) is 22.0 Å². The van der Waals surface area contributed by atoms with Gasteiger partial charge >= 0.3 is 0 Å². The third-order valence-corrected chi connectivity index (χ3v) is 2.80. The molecule has 17 heavy (non-hydrogen) atoms. The molecule has 3 nitrogen and oxygen atoms in total. The van der Waals surface area contributed by atoms with Crippen LogP contribution in [-0.2, 0) is 0 Å². The summed E-state index contributed by atoms with van der Waals surface area (Å²) >= 11 is 3.34. The van der Waals surface area contributed by atoms with Gasteiger partial charge in [-0.3, -0.25) is 4.79 Å². The first-order valence-electron chi connectivity index (χ1n) is 5.47. The molecule has 1 aromatic rings. The molecule has 1 aromatic carbocycles. The van der Waals surface area contributed by atoms with Crippen molar-refractivity contribution in [2.45, 2.75) is 19.9 Å². The molecule has 4 heteroatoms. The first-order chi connectivity index (χ1) is 8.10. The maximum absolute atomic E-state index is 12.2. The van der Waals surface area contributed by atoms with Crippen LogP contribution in [-0.4, -0.2) is 28.7 Å². The van der Waals surface area contributed by atoms with Gasteiger partial charge in [0.15, 0.2) is 0 Å². The highest BCUT2D eigenvalue weighted by molar-refractivity contribution is 9.09. The number of hydrogen-bond donors (Lipinski definition) is 0. The molecular weight excluding hydrogens is 280 g/mol. The summed E-state index contributed by atoms with van der Waals surface area (Å²) in [6.07, 6.45) is 0. The highest BCUT2D eigenvalue weighted by atomic mass is 79.9. The van der Waals surface area contributed by atoms with E-state index in [9.17, 15) is 4.79 Å². The summed E-state index contributed by atoms with van der Waals surface area (Å²) in [5.74, 6) is -0.0310. The molecule has 0 saturated carbocycles. The second-order valence-electron chi connectivity index (χ2n) is 3.97. The van der Waals surface area contributed by atoms with E-state index in [1.807, 2.05) is 19.9 Å². The quantitative estimate of drug-likeness (QED) is 0.802. The summed E-state index contributed by atoms with van der Waals surface area (Å²) in [5, 5.41) is 9.56. The van der Waals surface area contributed by atoms with E-state index in [1.54, 1.807) is 29.2 Å². The lowest BCUT2D eigenvalue weighted by molar-refractivity contribution is 0.0719. The van der Waals surface area contributed by atoms with Crippen molar-refractivity contribution in [3.05, 3.63) is 35.4 Å². The van der Waals surface area contributed by atoms with E-state index in [0.717, 1.165) is 5.33 Å². The summed E-state index contributed by atoms with van der Waals surface area (Å²) < 4.78 is 0. The Hall–Kier alpha value is -1.34. The zero-order valence-corrected chi connectivity index (χ0v) is 11.6. The number of benzene rings is 1. The standard InChI is InChI=1S/C13H15BrN2O/c1-10(2)16(7-6-14)13(17)12-5-3-4-11(8-12)9-15/h3-5,8,10H,6-7H2,1-2H3. The van der Waals surface area contributed by atoms with Crippen molar-refractivity contribution in [3.8, 4) is 6.07 Å². The molecular formula is C13H15BrN2O. The summed E-state index contributed by atoms with van der Waals surface area (Å²) in [5.41, 5.74) is 1.08. The molecule has 0 N–H and O–H groups in total. The molecule has 0 aromatic heterocycles. The average molecular weight is 295 g/mol. The fourth-order valence-electron chi connectivity index (χ4n) is 1.57. The van der Waals surface area contributed by atoms with Gasteiger partial charge in [-0.15, -0.1) is 0 Å². The van der Waals surface area contributed by atoms with Crippen LogP contribution in [0.15, 0.2) is 24.3 Å². The minimum absolute atomic E-state index is 0.0310. The number of amides is 1. The lowest BCUT2D eigenvalue weighted by Gasteiger charge is -2.26. The van der Waals surface area contributed by atoms with E-state index < -0.39 is 0 Å². The molecule has 1 amide bonds. The molecule has 0 bridgehead atoms. The molecule has 0 aliphatic heterocycles. The number of nitrogens with zero attached hydrogens (tertiary/aromatic N) is 2. The maximum Gasteiger partial charge on any atom is 0.254 e. The Bertz CT molecular complexity index is 437. The van der Waals surface area contributed by atoms with Crippen molar-refractivity contribution in [1.82, 2.24) is 4.90 Å². The fraction of sp³-hybridized carbons (Fsp3) is 0.385.